The predicted molar refractivity (Wildman–Crippen MR) is 65.1 cm³/mol. The number of nitrogens with one attached hydrogen (secondary N) is 1. The highest BCUT2D eigenvalue weighted by molar-refractivity contribution is 9.10. The number of hydrogen-bond acceptors (Lipinski definition) is 4. The molecule has 16 heavy (non-hydrogen) atoms. The number of halogens is 1. The molecule has 2 aromatic rings. The van der Waals surface area contributed by atoms with Crippen LogP contribution in [0.25, 0.3) is 0 Å². The Kier molecular flexibility index (Phi) is 3.87. The molecular weight excluding hydrogens is 270 g/mol. The summed E-state index contributed by atoms with van der Waals surface area (Å²) in [5, 5.41) is 3.23. The highest BCUT2D eigenvalue weighted by Gasteiger charge is 1.95. The Balaban J connectivity index is 1.72. The fraction of sp³-hybridized carbons (Fsp3) is 0.300. The van der Waals surface area contributed by atoms with Crippen LogP contribution in [0.15, 0.2) is 35.7 Å². The Labute approximate surface area is 102 Å². The van der Waals surface area contributed by atoms with E-state index in [0.717, 1.165) is 29.9 Å². The van der Waals surface area contributed by atoms with Gasteiger partial charge in [-0.3, -0.25) is 0 Å². The molecule has 0 saturated heterocycles. The standard InChI is InChI=1S/C10H12BrN5/c11-9-6-10(15-7-14-9)13-2-1-4-16-5-3-12-8-16/h3,5-8H,1-2,4H2,(H,13,14,15). The van der Waals surface area contributed by atoms with Gasteiger partial charge in [-0.1, -0.05) is 0 Å². The monoisotopic (exact) mass is 281 g/mol. The van der Waals surface area contributed by atoms with Gasteiger partial charge >= 0.3 is 0 Å². The molecule has 0 aromatic carbocycles. The van der Waals surface area contributed by atoms with Crippen molar-refractivity contribution in [3.05, 3.63) is 35.7 Å². The number of aryl methyl sites for hydroxylation is 1. The summed E-state index contributed by atoms with van der Waals surface area (Å²) in [6.07, 6.45) is 8.12. The van der Waals surface area contributed by atoms with Crippen LogP contribution in [0.3, 0.4) is 0 Å². The Morgan fingerprint density at radius 3 is 3.06 bits per heavy atom. The average Bonchev–Trinajstić information content (AvgIpc) is 2.77. The molecule has 2 aromatic heterocycles. The number of imidazole rings is 1. The van der Waals surface area contributed by atoms with Crippen LogP contribution in [-0.2, 0) is 6.54 Å². The molecule has 5 nitrogen and oxygen atoms in total. The summed E-state index contributed by atoms with van der Waals surface area (Å²) in [4.78, 5) is 12.1. The minimum Gasteiger partial charge on any atom is -0.370 e. The normalized spacial score (nSPS) is 10.3. The highest BCUT2D eigenvalue weighted by Crippen LogP contribution is 2.09. The van der Waals surface area contributed by atoms with Crippen molar-refractivity contribution in [3.8, 4) is 0 Å². The Morgan fingerprint density at radius 1 is 1.38 bits per heavy atom. The second-order valence-electron chi connectivity index (χ2n) is 3.31. The lowest BCUT2D eigenvalue weighted by molar-refractivity contribution is 0.660. The van der Waals surface area contributed by atoms with E-state index < -0.39 is 0 Å². The summed E-state index contributed by atoms with van der Waals surface area (Å²) in [6, 6.07) is 1.86. The molecule has 6 heteroatoms. The molecule has 2 heterocycles. The van der Waals surface area contributed by atoms with Crippen molar-refractivity contribution in [3.63, 3.8) is 0 Å². The largest absolute Gasteiger partial charge is 0.370 e. The van der Waals surface area contributed by atoms with Crippen molar-refractivity contribution in [2.45, 2.75) is 13.0 Å². The van der Waals surface area contributed by atoms with Gasteiger partial charge < -0.3 is 9.88 Å². The molecule has 0 aliphatic heterocycles. The zero-order valence-electron chi connectivity index (χ0n) is 8.67. The summed E-state index contributed by atoms with van der Waals surface area (Å²) in [6.45, 7) is 1.83. The van der Waals surface area contributed by atoms with Gasteiger partial charge in [0.15, 0.2) is 0 Å². The van der Waals surface area contributed by atoms with E-state index in [0.29, 0.717) is 0 Å². The van der Waals surface area contributed by atoms with E-state index in [4.69, 9.17) is 0 Å². The SMILES string of the molecule is Brc1cc(NCCCn2ccnc2)ncn1. The molecule has 0 aliphatic rings. The topological polar surface area (TPSA) is 55.6 Å². The van der Waals surface area contributed by atoms with Crippen molar-refractivity contribution in [1.82, 2.24) is 19.5 Å². The Hall–Kier alpha value is -1.43. The molecule has 84 valence electrons. The van der Waals surface area contributed by atoms with Gasteiger partial charge in [0.25, 0.3) is 0 Å². The smallest absolute Gasteiger partial charge is 0.130 e. The molecule has 0 radical (unpaired) electrons. The third kappa shape index (κ3) is 3.30. The van der Waals surface area contributed by atoms with E-state index in [2.05, 4.69) is 40.8 Å². The van der Waals surface area contributed by atoms with Crippen molar-refractivity contribution < 1.29 is 0 Å². The van der Waals surface area contributed by atoms with E-state index in [1.807, 2.05) is 18.6 Å². The molecule has 0 spiro atoms. The van der Waals surface area contributed by atoms with Crippen molar-refractivity contribution >= 4 is 21.7 Å². The van der Waals surface area contributed by atoms with E-state index in [9.17, 15) is 0 Å². The lowest BCUT2D eigenvalue weighted by Gasteiger charge is -2.05. The Bertz CT molecular complexity index is 429. The second kappa shape index (κ2) is 5.60. The predicted octanol–water partition coefficient (Wildman–Crippen LogP) is 1.94. The Morgan fingerprint density at radius 2 is 2.31 bits per heavy atom. The van der Waals surface area contributed by atoms with E-state index in [1.54, 1.807) is 6.20 Å². The first-order valence-corrected chi connectivity index (χ1v) is 5.81. The van der Waals surface area contributed by atoms with Gasteiger partial charge in [0.2, 0.25) is 0 Å². The first-order valence-electron chi connectivity index (χ1n) is 5.02. The summed E-state index contributed by atoms with van der Waals surface area (Å²) in [7, 11) is 0. The molecule has 0 fully saturated rings. The molecule has 0 bridgehead atoms. The summed E-state index contributed by atoms with van der Waals surface area (Å²) in [5.74, 6) is 0.840. The highest BCUT2D eigenvalue weighted by atomic mass is 79.9. The van der Waals surface area contributed by atoms with Crippen LogP contribution in [0.2, 0.25) is 0 Å². The molecule has 1 N–H and O–H groups in total. The number of aromatic nitrogens is 4. The maximum atomic E-state index is 4.10. The van der Waals surface area contributed by atoms with Gasteiger partial charge in [-0.15, -0.1) is 0 Å². The van der Waals surface area contributed by atoms with Gasteiger partial charge in [-0.2, -0.15) is 0 Å². The fourth-order valence-electron chi connectivity index (χ4n) is 1.33. The van der Waals surface area contributed by atoms with Crippen LogP contribution >= 0.6 is 15.9 Å². The van der Waals surface area contributed by atoms with Gasteiger partial charge in [0, 0.05) is 31.5 Å². The second-order valence-corrected chi connectivity index (χ2v) is 4.12. The average molecular weight is 282 g/mol. The molecule has 0 atom stereocenters. The summed E-state index contributed by atoms with van der Waals surface area (Å²) >= 11 is 3.30. The zero-order chi connectivity index (χ0) is 11.2. The third-order valence-corrected chi connectivity index (χ3v) is 2.53. The summed E-state index contributed by atoms with van der Waals surface area (Å²) < 4.78 is 2.84. The van der Waals surface area contributed by atoms with Crippen molar-refractivity contribution in [1.29, 1.82) is 0 Å². The number of hydrogen-bond donors (Lipinski definition) is 1. The summed E-state index contributed by atoms with van der Waals surface area (Å²) in [5.41, 5.74) is 0. The van der Waals surface area contributed by atoms with Gasteiger partial charge in [-0.25, -0.2) is 15.0 Å². The third-order valence-electron chi connectivity index (χ3n) is 2.09. The maximum Gasteiger partial charge on any atom is 0.130 e. The minimum absolute atomic E-state index is 0.791. The van der Waals surface area contributed by atoms with Crippen LogP contribution < -0.4 is 5.32 Å². The molecule has 0 amide bonds. The van der Waals surface area contributed by atoms with Crippen molar-refractivity contribution in [2.75, 3.05) is 11.9 Å². The van der Waals surface area contributed by atoms with Crippen LogP contribution in [0.1, 0.15) is 6.42 Å². The molecule has 0 unspecified atom stereocenters. The van der Waals surface area contributed by atoms with Gasteiger partial charge in [-0.05, 0) is 22.4 Å². The van der Waals surface area contributed by atoms with Crippen LogP contribution in [-0.4, -0.2) is 26.1 Å². The maximum absolute atomic E-state index is 4.10. The lowest BCUT2D eigenvalue weighted by atomic mass is 10.4. The number of rotatable bonds is 5. The number of anilines is 1. The van der Waals surface area contributed by atoms with Crippen molar-refractivity contribution in [2.24, 2.45) is 0 Å². The first kappa shape index (κ1) is 11.1. The first-order chi connectivity index (χ1) is 7.84. The zero-order valence-corrected chi connectivity index (χ0v) is 10.3. The molecule has 0 saturated carbocycles. The van der Waals surface area contributed by atoms with Gasteiger partial charge in [0.1, 0.15) is 16.7 Å². The fourth-order valence-corrected chi connectivity index (χ4v) is 1.64. The van der Waals surface area contributed by atoms with Gasteiger partial charge in [0.05, 0.1) is 6.33 Å². The number of nitrogens with zero attached hydrogens (tertiary/aromatic N) is 4. The van der Waals surface area contributed by atoms with Crippen LogP contribution in [0, 0.1) is 0 Å². The molecule has 2 rings (SSSR count). The van der Waals surface area contributed by atoms with Crippen LogP contribution in [0.5, 0.6) is 0 Å². The molecular formula is C10H12BrN5. The van der Waals surface area contributed by atoms with E-state index >= 15 is 0 Å². The van der Waals surface area contributed by atoms with E-state index in [-0.39, 0.29) is 0 Å². The lowest BCUT2D eigenvalue weighted by Crippen LogP contribution is -2.06. The van der Waals surface area contributed by atoms with E-state index in [1.165, 1.54) is 6.33 Å². The minimum atomic E-state index is 0.791. The molecule has 0 aliphatic carbocycles. The van der Waals surface area contributed by atoms with Crippen LogP contribution in [0.4, 0.5) is 5.82 Å². The quantitative estimate of drug-likeness (QED) is 0.672.